The zero-order valence-electron chi connectivity index (χ0n) is 15.1. The Balaban J connectivity index is 1.58. The molecule has 3 aromatic rings. The van der Waals surface area contributed by atoms with E-state index < -0.39 is 0 Å². The van der Waals surface area contributed by atoms with E-state index in [1.54, 1.807) is 12.3 Å². The van der Waals surface area contributed by atoms with Gasteiger partial charge in [-0.25, -0.2) is 15.0 Å². The van der Waals surface area contributed by atoms with Crippen molar-refractivity contribution >= 4 is 17.6 Å². The molecule has 2 heterocycles. The highest BCUT2D eigenvalue weighted by atomic mass is 35.5. The van der Waals surface area contributed by atoms with Gasteiger partial charge in [0.25, 0.3) is 0 Å². The third-order valence-electron chi connectivity index (χ3n) is 3.87. The highest BCUT2D eigenvalue weighted by molar-refractivity contribution is 6.29. The molecule has 0 saturated heterocycles. The van der Waals surface area contributed by atoms with Crippen molar-refractivity contribution in [2.75, 3.05) is 13.1 Å². The van der Waals surface area contributed by atoms with Crippen LogP contribution in [0.4, 0.5) is 0 Å². The first-order valence-electron chi connectivity index (χ1n) is 8.82. The van der Waals surface area contributed by atoms with Crippen LogP contribution in [0.5, 0.6) is 0 Å². The van der Waals surface area contributed by atoms with Crippen molar-refractivity contribution in [3.63, 3.8) is 0 Å². The van der Waals surface area contributed by atoms with Crippen LogP contribution in [0.3, 0.4) is 0 Å². The smallest absolute Gasteiger partial charge is 0.191 e. The Labute approximate surface area is 163 Å². The topological polar surface area (TPSA) is 90.9 Å². The molecule has 3 N–H and O–H groups in total. The van der Waals surface area contributed by atoms with Crippen molar-refractivity contribution < 1.29 is 0 Å². The summed E-state index contributed by atoms with van der Waals surface area (Å²) in [5.41, 5.74) is 3.22. The maximum Gasteiger partial charge on any atom is 0.191 e. The Morgan fingerprint density at radius 3 is 2.81 bits per heavy atom. The summed E-state index contributed by atoms with van der Waals surface area (Å²) < 4.78 is 0. The molecule has 0 unspecified atom stereocenters. The maximum absolute atomic E-state index is 5.82. The van der Waals surface area contributed by atoms with Gasteiger partial charge in [-0.15, -0.1) is 0 Å². The molecule has 0 aliphatic heterocycles. The largest absolute Gasteiger partial charge is 0.357 e. The van der Waals surface area contributed by atoms with Crippen molar-refractivity contribution in [3.05, 3.63) is 65.2 Å². The fraction of sp³-hybridized carbons (Fsp3) is 0.263. The first-order chi connectivity index (χ1) is 13.2. The van der Waals surface area contributed by atoms with Crippen LogP contribution >= 0.6 is 11.6 Å². The van der Waals surface area contributed by atoms with Gasteiger partial charge in [-0.05, 0) is 36.6 Å². The minimum Gasteiger partial charge on any atom is -0.357 e. The van der Waals surface area contributed by atoms with Gasteiger partial charge in [0.2, 0.25) is 0 Å². The SMILES string of the molecule is CCNC(=NCc1cccc(-c2ncn[nH]2)c1)NCCc1ccc(Cl)nc1. The van der Waals surface area contributed by atoms with Crippen LogP contribution in [-0.4, -0.2) is 39.2 Å². The summed E-state index contributed by atoms with van der Waals surface area (Å²) in [6.07, 6.45) is 4.14. The maximum atomic E-state index is 5.82. The van der Waals surface area contributed by atoms with Crippen molar-refractivity contribution in [2.45, 2.75) is 19.9 Å². The monoisotopic (exact) mass is 383 g/mol. The van der Waals surface area contributed by atoms with Crippen LogP contribution in [0.1, 0.15) is 18.1 Å². The first kappa shape index (κ1) is 18.8. The normalized spacial score (nSPS) is 11.4. The van der Waals surface area contributed by atoms with E-state index in [1.807, 2.05) is 31.2 Å². The molecule has 140 valence electrons. The molecule has 0 bridgehead atoms. The molecule has 0 radical (unpaired) electrons. The Morgan fingerprint density at radius 1 is 1.15 bits per heavy atom. The molecule has 0 saturated carbocycles. The van der Waals surface area contributed by atoms with E-state index in [1.165, 1.54) is 6.33 Å². The number of hydrogen-bond acceptors (Lipinski definition) is 4. The molecule has 7 nitrogen and oxygen atoms in total. The predicted molar refractivity (Wildman–Crippen MR) is 108 cm³/mol. The average Bonchev–Trinajstić information content (AvgIpc) is 3.23. The van der Waals surface area contributed by atoms with Gasteiger partial charge in [-0.2, -0.15) is 5.10 Å². The molecule has 0 aliphatic carbocycles. The molecule has 2 aromatic heterocycles. The quantitative estimate of drug-likeness (QED) is 0.331. The minimum absolute atomic E-state index is 0.508. The van der Waals surface area contributed by atoms with Crippen molar-refractivity contribution in [3.8, 4) is 11.4 Å². The second-order valence-electron chi connectivity index (χ2n) is 5.90. The molecule has 0 fully saturated rings. The highest BCUT2D eigenvalue weighted by Crippen LogP contribution is 2.15. The zero-order chi connectivity index (χ0) is 18.9. The number of hydrogen-bond donors (Lipinski definition) is 3. The number of aromatic nitrogens is 4. The van der Waals surface area contributed by atoms with E-state index >= 15 is 0 Å². The minimum atomic E-state index is 0.508. The predicted octanol–water partition coefficient (Wildman–Crippen LogP) is 2.82. The van der Waals surface area contributed by atoms with E-state index in [9.17, 15) is 0 Å². The molecule has 27 heavy (non-hydrogen) atoms. The molecular formula is C19H22ClN7. The summed E-state index contributed by atoms with van der Waals surface area (Å²) in [5, 5.41) is 13.9. The van der Waals surface area contributed by atoms with Gasteiger partial charge in [0.05, 0.1) is 6.54 Å². The summed E-state index contributed by atoms with van der Waals surface area (Å²) in [6, 6.07) is 11.9. The summed E-state index contributed by atoms with van der Waals surface area (Å²) >= 11 is 5.82. The van der Waals surface area contributed by atoms with Crippen molar-refractivity contribution in [1.82, 2.24) is 30.8 Å². The van der Waals surface area contributed by atoms with Crippen LogP contribution in [-0.2, 0) is 13.0 Å². The van der Waals surface area contributed by atoms with Gasteiger partial charge in [-0.3, -0.25) is 5.10 Å². The lowest BCUT2D eigenvalue weighted by Crippen LogP contribution is -2.38. The number of pyridine rings is 1. The summed E-state index contributed by atoms with van der Waals surface area (Å²) in [4.78, 5) is 12.9. The number of halogens is 1. The molecule has 8 heteroatoms. The number of aromatic amines is 1. The van der Waals surface area contributed by atoms with E-state index in [4.69, 9.17) is 11.6 Å². The van der Waals surface area contributed by atoms with Crippen molar-refractivity contribution in [2.24, 2.45) is 4.99 Å². The number of guanidine groups is 1. The number of rotatable bonds is 7. The number of benzene rings is 1. The number of H-pyrrole nitrogens is 1. The number of nitrogens with zero attached hydrogens (tertiary/aromatic N) is 4. The van der Waals surface area contributed by atoms with Gasteiger partial charge in [-0.1, -0.05) is 35.9 Å². The third-order valence-corrected chi connectivity index (χ3v) is 4.10. The molecule has 0 spiro atoms. The Hall–Kier alpha value is -2.93. The fourth-order valence-corrected chi connectivity index (χ4v) is 2.66. The second-order valence-corrected chi connectivity index (χ2v) is 6.28. The van der Waals surface area contributed by atoms with Crippen molar-refractivity contribution in [1.29, 1.82) is 0 Å². The Morgan fingerprint density at radius 2 is 2.07 bits per heavy atom. The molecular weight excluding hydrogens is 362 g/mol. The van der Waals surface area contributed by atoms with Gasteiger partial charge in [0.1, 0.15) is 11.5 Å². The van der Waals surface area contributed by atoms with Crippen LogP contribution in [0.15, 0.2) is 53.9 Å². The van der Waals surface area contributed by atoms with Gasteiger partial charge >= 0.3 is 0 Å². The average molecular weight is 384 g/mol. The number of nitrogens with one attached hydrogen (secondary N) is 3. The summed E-state index contributed by atoms with van der Waals surface area (Å²) in [6.45, 7) is 4.17. The lowest BCUT2D eigenvalue weighted by Gasteiger charge is -2.11. The molecule has 0 aliphatic rings. The zero-order valence-corrected chi connectivity index (χ0v) is 15.9. The van der Waals surface area contributed by atoms with E-state index in [2.05, 4.69) is 41.9 Å². The Kier molecular flexibility index (Phi) is 6.76. The molecule has 0 amide bonds. The summed E-state index contributed by atoms with van der Waals surface area (Å²) in [5.74, 6) is 1.53. The summed E-state index contributed by atoms with van der Waals surface area (Å²) in [7, 11) is 0. The standard InChI is InChI=1S/C19H22ClN7/c1-2-21-19(22-9-8-14-6-7-17(20)23-11-14)24-12-15-4-3-5-16(10-15)18-25-13-26-27-18/h3-7,10-11,13H,2,8-9,12H2,1H3,(H2,21,22,24)(H,25,26,27). The number of aliphatic imine (C=N–C) groups is 1. The van der Waals surface area contributed by atoms with Gasteiger partial charge in [0, 0.05) is 24.8 Å². The second kappa shape index (κ2) is 9.68. The molecule has 1 aromatic carbocycles. The van der Waals surface area contributed by atoms with E-state index in [-0.39, 0.29) is 0 Å². The van der Waals surface area contributed by atoms with Crippen LogP contribution < -0.4 is 10.6 Å². The first-order valence-corrected chi connectivity index (χ1v) is 9.19. The molecule has 0 atom stereocenters. The van der Waals surface area contributed by atoms with E-state index in [0.717, 1.165) is 48.0 Å². The lowest BCUT2D eigenvalue weighted by molar-refractivity contribution is 0.798. The third kappa shape index (κ3) is 5.79. The lowest BCUT2D eigenvalue weighted by atomic mass is 10.1. The molecule has 3 rings (SSSR count). The van der Waals surface area contributed by atoms with Gasteiger partial charge in [0.15, 0.2) is 11.8 Å². The Bertz CT molecular complexity index is 860. The van der Waals surface area contributed by atoms with Crippen LogP contribution in [0, 0.1) is 0 Å². The van der Waals surface area contributed by atoms with Crippen LogP contribution in [0.2, 0.25) is 5.15 Å². The van der Waals surface area contributed by atoms with E-state index in [0.29, 0.717) is 11.7 Å². The fourth-order valence-electron chi connectivity index (χ4n) is 2.55. The van der Waals surface area contributed by atoms with Crippen LogP contribution in [0.25, 0.3) is 11.4 Å². The van der Waals surface area contributed by atoms with Gasteiger partial charge < -0.3 is 10.6 Å². The highest BCUT2D eigenvalue weighted by Gasteiger charge is 2.03.